The summed E-state index contributed by atoms with van der Waals surface area (Å²) in [5.74, 6) is 6.61. The van der Waals surface area contributed by atoms with E-state index in [2.05, 4.69) is 13.8 Å². The van der Waals surface area contributed by atoms with Crippen LogP contribution in [0.4, 0.5) is 0 Å². The number of rotatable bonds is 7. The fourth-order valence-corrected chi connectivity index (χ4v) is 6.96. The molecule has 2 atom stereocenters. The predicted molar refractivity (Wildman–Crippen MR) is 111 cm³/mol. The summed E-state index contributed by atoms with van der Waals surface area (Å²) in [6, 6.07) is 0. The van der Waals surface area contributed by atoms with Crippen LogP contribution in [0.15, 0.2) is 0 Å². The summed E-state index contributed by atoms with van der Waals surface area (Å²) in [7, 11) is 0. The van der Waals surface area contributed by atoms with Crippen LogP contribution in [0.2, 0.25) is 0 Å². The maximum Gasteiger partial charge on any atom is -0.0383 e. The molecule has 0 spiro atoms. The van der Waals surface area contributed by atoms with Crippen molar-refractivity contribution in [2.75, 3.05) is 0 Å². The molecule has 0 heterocycles. The molecule has 0 heteroatoms. The maximum atomic E-state index is 2.38. The van der Waals surface area contributed by atoms with Gasteiger partial charge in [0.15, 0.2) is 0 Å². The van der Waals surface area contributed by atoms with Gasteiger partial charge in [-0.2, -0.15) is 0 Å². The molecule has 3 fully saturated rings. The van der Waals surface area contributed by atoms with E-state index in [1.54, 1.807) is 70.6 Å². The van der Waals surface area contributed by atoms with Gasteiger partial charge in [-0.15, -0.1) is 0 Å². The molecule has 0 aliphatic heterocycles. The lowest BCUT2D eigenvalue weighted by Crippen LogP contribution is -2.30. The zero-order chi connectivity index (χ0) is 17.5. The molecule has 25 heavy (non-hydrogen) atoms. The Hall–Kier alpha value is 0. The van der Waals surface area contributed by atoms with Gasteiger partial charge in [-0.25, -0.2) is 0 Å². The molecule has 3 rings (SSSR count). The van der Waals surface area contributed by atoms with Gasteiger partial charge in [-0.05, 0) is 80.5 Å². The SMILES string of the molecule is CCCC[C@H]1CC[C@H](C2CCC([C@@H]3CCC[C@H](CCC)C3)CC2)CC1. The zero-order valence-electron chi connectivity index (χ0n) is 17.5. The Bertz CT molecular complexity index is 341. The minimum absolute atomic E-state index is 1.08. The summed E-state index contributed by atoms with van der Waals surface area (Å²) in [6.45, 7) is 4.73. The highest BCUT2D eigenvalue weighted by atomic mass is 14.4. The maximum absolute atomic E-state index is 2.38. The Morgan fingerprint density at radius 2 is 1.12 bits per heavy atom. The van der Waals surface area contributed by atoms with Crippen LogP contribution in [0.1, 0.15) is 123 Å². The molecule has 0 aromatic rings. The molecule has 0 unspecified atom stereocenters. The van der Waals surface area contributed by atoms with Gasteiger partial charge in [0.05, 0.1) is 0 Å². The van der Waals surface area contributed by atoms with Gasteiger partial charge in [0.25, 0.3) is 0 Å². The molecule has 146 valence electrons. The lowest BCUT2D eigenvalue weighted by Gasteiger charge is -2.41. The van der Waals surface area contributed by atoms with Crippen molar-refractivity contribution >= 4 is 0 Å². The highest BCUT2D eigenvalue weighted by molar-refractivity contribution is 4.86. The van der Waals surface area contributed by atoms with Gasteiger partial charge in [0.2, 0.25) is 0 Å². The average molecular weight is 347 g/mol. The Balaban J connectivity index is 1.37. The summed E-state index contributed by atoms with van der Waals surface area (Å²) in [4.78, 5) is 0. The van der Waals surface area contributed by atoms with Gasteiger partial charge >= 0.3 is 0 Å². The lowest BCUT2D eigenvalue weighted by molar-refractivity contribution is 0.0984. The van der Waals surface area contributed by atoms with Crippen LogP contribution in [0.25, 0.3) is 0 Å². The molecule has 3 aliphatic carbocycles. The summed E-state index contributed by atoms with van der Waals surface area (Å²) >= 11 is 0. The van der Waals surface area contributed by atoms with Crippen LogP contribution in [0.5, 0.6) is 0 Å². The molecular formula is C25H46. The fraction of sp³-hybridized carbons (Fsp3) is 1.00. The van der Waals surface area contributed by atoms with Gasteiger partial charge in [-0.1, -0.05) is 78.1 Å². The first-order valence-corrected chi connectivity index (χ1v) is 12.3. The largest absolute Gasteiger partial charge is 0.0654 e. The van der Waals surface area contributed by atoms with E-state index in [0.717, 1.165) is 35.5 Å². The molecule has 0 N–H and O–H groups in total. The van der Waals surface area contributed by atoms with E-state index in [1.807, 2.05) is 0 Å². The second-order valence-corrected chi connectivity index (χ2v) is 10.2. The second-order valence-electron chi connectivity index (χ2n) is 10.2. The van der Waals surface area contributed by atoms with Crippen molar-refractivity contribution in [1.82, 2.24) is 0 Å². The van der Waals surface area contributed by atoms with Gasteiger partial charge in [-0.3, -0.25) is 0 Å². The van der Waals surface area contributed by atoms with Crippen molar-refractivity contribution in [2.24, 2.45) is 35.5 Å². The molecule has 0 amide bonds. The number of unbranched alkanes of at least 4 members (excludes halogenated alkanes) is 1. The summed E-state index contributed by atoms with van der Waals surface area (Å²) in [6.07, 6.45) is 26.2. The smallest absolute Gasteiger partial charge is 0.0383 e. The highest BCUT2D eigenvalue weighted by Gasteiger charge is 2.34. The molecule has 0 radical (unpaired) electrons. The van der Waals surface area contributed by atoms with E-state index in [-0.39, 0.29) is 0 Å². The molecule has 0 bridgehead atoms. The molecular weight excluding hydrogens is 300 g/mol. The van der Waals surface area contributed by atoms with E-state index >= 15 is 0 Å². The van der Waals surface area contributed by atoms with Crippen molar-refractivity contribution in [2.45, 2.75) is 123 Å². The quantitative estimate of drug-likeness (QED) is 0.434. The third kappa shape index (κ3) is 5.74. The molecule has 0 aromatic heterocycles. The van der Waals surface area contributed by atoms with E-state index in [4.69, 9.17) is 0 Å². The fourth-order valence-electron chi connectivity index (χ4n) is 6.96. The van der Waals surface area contributed by atoms with E-state index in [1.165, 1.54) is 38.5 Å². The van der Waals surface area contributed by atoms with Crippen molar-refractivity contribution in [3.05, 3.63) is 0 Å². The number of hydrogen-bond donors (Lipinski definition) is 0. The predicted octanol–water partition coefficient (Wildman–Crippen LogP) is 8.40. The number of hydrogen-bond acceptors (Lipinski definition) is 0. The van der Waals surface area contributed by atoms with Crippen molar-refractivity contribution in [3.8, 4) is 0 Å². The monoisotopic (exact) mass is 346 g/mol. The van der Waals surface area contributed by atoms with Gasteiger partial charge in [0, 0.05) is 0 Å². The minimum Gasteiger partial charge on any atom is -0.0654 e. The van der Waals surface area contributed by atoms with Crippen LogP contribution in [-0.4, -0.2) is 0 Å². The van der Waals surface area contributed by atoms with E-state index in [9.17, 15) is 0 Å². The molecule has 3 saturated carbocycles. The third-order valence-corrected chi connectivity index (χ3v) is 8.53. The van der Waals surface area contributed by atoms with Crippen molar-refractivity contribution < 1.29 is 0 Å². The van der Waals surface area contributed by atoms with Crippen molar-refractivity contribution in [1.29, 1.82) is 0 Å². The average Bonchev–Trinajstić information content (AvgIpc) is 2.67. The Morgan fingerprint density at radius 3 is 1.72 bits per heavy atom. The first-order valence-electron chi connectivity index (χ1n) is 12.3. The normalized spacial score (nSPS) is 40.1. The minimum atomic E-state index is 1.08. The first kappa shape index (κ1) is 19.8. The molecule has 3 aliphatic rings. The summed E-state index contributed by atoms with van der Waals surface area (Å²) in [5, 5.41) is 0. The second kappa shape index (κ2) is 10.4. The molecule has 0 aromatic carbocycles. The van der Waals surface area contributed by atoms with E-state index in [0.29, 0.717) is 0 Å². The van der Waals surface area contributed by atoms with Gasteiger partial charge in [0.1, 0.15) is 0 Å². The third-order valence-electron chi connectivity index (χ3n) is 8.53. The Morgan fingerprint density at radius 1 is 0.520 bits per heavy atom. The topological polar surface area (TPSA) is 0 Å². The molecule has 0 saturated heterocycles. The summed E-state index contributed by atoms with van der Waals surface area (Å²) < 4.78 is 0. The Labute approximate surface area is 158 Å². The van der Waals surface area contributed by atoms with Crippen LogP contribution < -0.4 is 0 Å². The van der Waals surface area contributed by atoms with Crippen LogP contribution in [0, 0.1) is 35.5 Å². The standard InChI is InChI=1S/C25H46/c1-3-5-8-20-11-13-22(14-12-20)23-15-17-24(18-16-23)25-10-6-9-21(19-25)7-4-2/h20-25H,3-19H2,1-2H3/t20-,21-,22-,23?,24?,25+/m0/s1. The van der Waals surface area contributed by atoms with Crippen LogP contribution in [-0.2, 0) is 0 Å². The van der Waals surface area contributed by atoms with Crippen molar-refractivity contribution in [3.63, 3.8) is 0 Å². The Kier molecular flexibility index (Phi) is 8.19. The summed E-state index contributed by atoms with van der Waals surface area (Å²) in [5.41, 5.74) is 0. The van der Waals surface area contributed by atoms with Crippen LogP contribution in [0.3, 0.4) is 0 Å². The highest BCUT2D eigenvalue weighted by Crippen LogP contribution is 2.46. The zero-order valence-corrected chi connectivity index (χ0v) is 17.5. The van der Waals surface area contributed by atoms with E-state index < -0.39 is 0 Å². The van der Waals surface area contributed by atoms with Gasteiger partial charge < -0.3 is 0 Å². The molecule has 0 nitrogen and oxygen atoms in total. The van der Waals surface area contributed by atoms with Crippen LogP contribution >= 0.6 is 0 Å². The lowest BCUT2D eigenvalue weighted by atomic mass is 9.64. The first-order chi connectivity index (χ1) is 12.3.